The Kier molecular flexibility index (Phi) is 4.25. The largest absolute Gasteiger partial charge is 0.496 e. The number of hydrogen-bond donors (Lipinski definition) is 2. The van der Waals surface area contributed by atoms with Crippen molar-refractivity contribution in [3.63, 3.8) is 0 Å². The van der Waals surface area contributed by atoms with Crippen molar-refractivity contribution in [3.8, 4) is 5.75 Å². The van der Waals surface area contributed by atoms with E-state index in [4.69, 9.17) is 4.74 Å². The predicted molar refractivity (Wildman–Crippen MR) is 73.0 cm³/mol. The van der Waals surface area contributed by atoms with Gasteiger partial charge in [0.2, 0.25) is 0 Å². The Bertz CT molecular complexity index is 411. The van der Waals surface area contributed by atoms with Crippen LogP contribution in [0.5, 0.6) is 5.75 Å². The van der Waals surface area contributed by atoms with Crippen LogP contribution in [0.4, 0.5) is 0 Å². The number of methoxy groups -OCH3 is 1. The predicted octanol–water partition coefficient (Wildman–Crippen LogP) is 2.35. The average Bonchev–Trinajstić information content (AvgIpc) is 2.38. The van der Waals surface area contributed by atoms with Gasteiger partial charge in [-0.2, -0.15) is 0 Å². The Morgan fingerprint density at radius 1 is 1.39 bits per heavy atom. The summed E-state index contributed by atoms with van der Waals surface area (Å²) in [4.78, 5) is 0. The minimum atomic E-state index is -0.437. The number of aliphatic hydroxyl groups excluding tert-OH is 1. The zero-order valence-electron chi connectivity index (χ0n) is 11.5. The van der Waals surface area contributed by atoms with Gasteiger partial charge in [-0.25, -0.2) is 0 Å². The van der Waals surface area contributed by atoms with Crippen LogP contribution in [0, 0.1) is 19.8 Å². The number of aryl methyl sites for hydroxylation is 2. The fourth-order valence-electron chi connectivity index (χ4n) is 2.87. The molecule has 1 fully saturated rings. The number of rotatable bonds is 3. The van der Waals surface area contributed by atoms with Gasteiger partial charge in [0.25, 0.3) is 0 Å². The van der Waals surface area contributed by atoms with Crippen molar-refractivity contribution in [2.45, 2.75) is 32.8 Å². The molecule has 0 aliphatic carbocycles. The van der Waals surface area contributed by atoms with Crippen molar-refractivity contribution in [2.24, 2.45) is 5.92 Å². The molecule has 1 aliphatic heterocycles. The van der Waals surface area contributed by atoms with Crippen LogP contribution in [-0.2, 0) is 0 Å². The number of hydrogen-bond acceptors (Lipinski definition) is 3. The van der Waals surface area contributed by atoms with E-state index < -0.39 is 6.10 Å². The Morgan fingerprint density at radius 3 is 2.78 bits per heavy atom. The maximum Gasteiger partial charge on any atom is 0.125 e. The molecule has 100 valence electrons. The third-order valence-electron chi connectivity index (χ3n) is 3.79. The van der Waals surface area contributed by atoms with Gasteiger partial charge in [-0.3, -0.25) is 0 Å². The van der Waals surface area contributed by atoms with Gasteiger partial charge in [-0.1, -0.05) is 6.07 Å². The minimum absolute atomic E-state index is 0.286. The fraction of sp³-hybridized carbons (Fsp3) is 0.600. The van der Waals surface area contributed by atoms with Crippen LogP contribution in [0.1, 0.15) is 35.6 Å². The van der Waals surface area contributed by atoms with Crippen molar-refractivity contribution < 1.29 is 9.84 Å². The molecule has 2 rings (SSSR count). The van der Waals surface area contributed by atoms with Crippen molar-refractivity contribution >= 4 is 0 Å². The maximum absolute atomic E-state index is 10.6. The van der Waals surface area contributed by atoms with E-state index in [1.807, 2.05) is 19.9 Å². The second kappa shape index (κ2) is 5.72. The first-order valence-electron chi connectivity index (χ1n) is 6.67. The van der Waals surface area contributed by atoms with E-state index in [9.17, 15) is 5.11 Å². The summed E-state index contributed by atoms with van der Waals surface area (Å²) in [6, 6.07) is 4.11. The number of nitrogens with one attached hydrogen (secondary N) is 1. The lowest BCUT2D eigenvalue weighted by atomic mass is 9.86. The van der Waals surface area contributed by atoms with E-state index in [-0.39, 0.29) is 5.92 Å². The fourth-order valence-corrected chi connectivity index (χ4v) is 2.87. The first-order chi connectivity index (χ1) is 8.63. The van der Waals surface area contributed by atoms with E-state index in [1.165, 1.54) is 5.56 Å². The van der Waals surface area contributed by atoms with Gasteiger partial charge < -0.3 is 15.2 Å². The first kappa shape index (κ1) is 13.4. The number of aliphatic hydroxyl groups is 1. The molecule has 1 saturated heterocycles. The number of piperidine rings is 1. The van der Waals surface area contributed by atoms with Crippen molar-refractivity contribution in [2.75, 3.05) is 20.2 Å². The first-order valence-corrected chi connectivity index (χ1v) is 6.67. The van der Waals surface area contributed by atoms with Crippen LogP contribution in [0.2, 0.25) is 0 Å². The summed E-state index contributed by atoms with van der Waals surface area (Å²) in [5.74, 6) is 1.10. The molecular weight excluding hydrogens is 226 g/mol. The van der Waals surface area contributed by atoms with Gasteiger partial charge in [0.1, 0.15) is 5.75 Å². The van der Waals surface area contributed by atoms with Crippen LogP contribution < -0.4 is 10.1 Å². The van der Waals surface area contributed by atoms with Gasteiger partial charge in [0.15, 0.2) is 0 Å². The second-order valence-corrected chi connectivity index (χ2v) is 5.25. The Hall–Kier alpha value is -1.06. The van der Waals surface area contributed by atoms with Gasteiger partial charge in [-0.15, -0.1) is 0 Å². The van der Waals surface area contributed by atoms with Gasteiger partial charge in [0, 0.05) is 18.0 Å². The Labute approximate surface area is 109 Å². The molecule has 0 bridgehead atoms. The molecule has 0 amide bonds. The van der Waals surface area contributed by atoms with Crippen LogP contribution >= 0.6 is 0 Å². The molecule has 1 aromatic carbocycles. The molecule has 1 aliphatic rings. The number of benzene rings is 1. The summed E-state index contributed by atoms with van der Waals surface area (Å²) in [6.45, 7) is 6.04. The Morgan fingerprint density at radius 2 is 2.17 bits per heavy atom. The van der Waals surface area contributed by atoms with E-state index in [0.717, 1.165) is 42.8 Å². The molecule has 0 aromatic heterocycles. The maximum atomic E-state index is 10.6. The molecule has 2 N–H and O–H groups in total. The molecule has 1 heterocycles. The normalized spacial score (nSPS) is 21.7. The molecule has 0 saturated carbocycles. The molecular formula is C15H23NO2. The summed E-state index contributed by atoms with van der Waals surface area (Å²) >= 11 is 0. The van der Waals surface area contributed by atoms with E-state index in [0.29, 0.717) is 0 Å². The summed E-state index contributed by atoms with van der Waals surface area (Å²) in [6.07, 6.45) is 1.77. The molecule has 0 radical (unpaired) electrons. The minimum Gasteiger partial charge on any atom is -0.496 e. The van der Waals surface area contributed by atoms with Gasteiger partial charge in [-0.05, 0) is 50.4 Å². The average molecular weight is 249 g/mol. The zero-order chi connectivity index (χ0) is 13.1. The highest BCUT2D eigenvalue weighted by atomic mass is 16.5. The summed E-state index contributed by atoms with van der Waals surface area (Å²) in [7, 11) is 1.67. The lowest BCUT2D eigenvalue weighted by Crippen LogP contribution is -2.33. The summed E-state index contributed by atoms with van der Waals surface area (Å²) in [5, 5.41) is 14.0. The molecule has 0 spiro atoms. The van der Waals surface area contributed by atoms with Crippen LogP contribution in [0.25, 0.3) is 0 Å². The third kappa shape index (κ3) is 2.68. The highest BCUT2D eigenvalue weighted by molar-refractivity contribution is 5.44. The van der Waals surface area contributed by atoms with Crippen molar-refractivity contribution in [1.82, 2.24) is 5.32 Å². The zero-order valence-corrected chi connectivity index (χ0v) is 11.5. The molecule has 2 unspecified atom stereocenters. The highest BCUT2D eigenvalue weighted by Crippen LogP contribution is 2.36. The SMILES string of the molecule is COc1cc(C)cc(C)c1C(O)C1CCCNC1. The molecule has 3 nitrogen and oxygen atoms in total. The number of ether oxygens (including phenoxy) is 1. The lowest BCUT2D eigenvalue weighted by Gasteiger charge is -2.29. The van der Waals surface area contributed by atoms with Gasteiger partial charge >= 0.3 is 0 Å². The van der Waals surface area contributed by atoms with Crippen LogP contribution in [-0.4, -0.2) is 25.3 Å². The van der Waals surface area contributed by atoms with E-state index >= 15 is 0 Å². The van der Waals surface area contributed by atoms with E-state index in [2.05, 4.69) is 11.4 Å². The monoisotopic (exact) mass is 249 g/mol. The van der Waals surface area contributed by atoms with Crippen LogP contribution in [0.15, 0.2) is 12.1 Å². The second-order valence-electron chi connectivity index (χ2n) is 5.25. The summed E-state index contributed by atoms with van der Waals surface area (Å²) in [5.41, 5.74) is 3.24. The standard InChI is InChI=1S/C15H23NO2/c1-10-7-11(2)14(13(8-10)18-3)15(17)12-5-4-6-16-9-12/h7-8,12,15-17H,4-6,9H2,1-3H3. The summed E-state index contributed by atoms with van der Waals surface area (Å²) < 4.78 is 5.44. The Balaban J connectivity index is 2.30. The molecule has 18 heavy (non-hydrogen) atoms. The quantitative estimate of drug-likeness (QED) is 0.864. The highest BCUT2D eigenvalue weighted by Gasteiger charge is 2.26. The molecule has 3 heteroatoms. The topological polar surface area (TPSA) is 41.5 Å². The molecule has 2 atom stereocenters. The van der Waals surface area contributed by atoms with Crippen molar-refractivity contribution in [1.29, 1.82) is 0 Å². The molecule has 1 aromatic rings. The van der Waals surface area contributed by atoms with Crippen molar-refractivity contribution in [3.05, 3.63) is 28.8 Å². The third-order valence-corrected chi connectivity index (χ3v) is 3.79. The van der Waals surface area contributed by atoms with Crippen LogP contribution in [0.3, 0.4) is 0 Å². The smallest absolute Gasteiger partial charge is 0.125 e. The lowest BCUT2D eigenvalue weighted by molar-refractivity contribution is 0.0891. The van der Waals surface area contributed by atoms with E-state index in [1.54, 1.807) is 7.11 Å². The van der Waals surface area contributed by atoms with Gasteiger partial charge in [0.05, 0.1) is 13.2 Å².